The minimum atomic E-state index is -1.06. The van der Waals surface area contributed by atoms with E-state index in [2.05, 4.69) is 10.6 Å². The van der Waals surface area contributed by atoms with Gasteiger partial charge in [-0.1, -0.05) is 84.9 Å². The van der Waals surface area contributed by atoms with E-state index in [0.29, 0.717) is 57.0 Å². The summed E-state index contributed by atoms with van der Waals surface area (Å²) in [5, 5.41) is 6.06. The third-order valence-electron chi connectivity index (χ3n) is 11.2. The summed E-state index contributed by atoms with van der Waals surface area (Å²) in [6.07, 6.45) is 3.35. The maximum absolute atomic E-state index is 14.0. The third kappa shape index (κ3) is 11.9. The lowest BCUT2D eigenvalue weighted by Gasteiger charge is -2.37. The number of ether oxygens (including phenoxy) is 6. The number of carbonyl (C=O) groups excluding carboxylic acids is 4. The first-order valence-corrected chi connectivity index (χ1v) is 23.3. The molecule has 4 amide bonds. The fourth-order valence-corrected chi connectivity index (χ4v) is 8.14. The standard InChI is InChI=1S/2C29H30N2O5/c2*1-29(2,3)30-27(32)26(21-18-20(34-4)15-16-23(21)35-5)31-22-13-9-10-14-24(22)36-25(28(31)33)17-19-11-7-6-8-12-19/h2*6-18,26H,1-5H3,(H,30,32)/b2*25-17-/t2*26-/m10/s1. The minimum absolute atomic E-state index is 0.107. The Bertz CT molecular complexity index is 2790. The second-order valence-electron chi connectivity index (χ2n) is 18.8. The molecule has 14 nitrogen and oxygen atoms in total. The Kier molecular flexibility index (Phi) is 15.7. The number of hydrogen-bond acceptors (Lipinski definition) is 10. The second kappa shape index (κ2) is 22.1. The number of carbonyl (C=O) groups is 4. The van der Waals surface area contributed by atoms with Crippen molar-refractivity contribution in [3.05, 3.63) is 179 Å². The number of methoxy groups -OCH3 is 4. The van der Waals surface area contributed by atoms with Gasteiger partial charge in [-0.25, -0.2) is 0 Å². The topological polar surface area (TPSA) is 154 Å². The van der Waals surface area contributed by atoms with E-state index < -0.39 is 35.0 Å². The van der Waals surface area contributed by atoms with Crippen LogP contribution in [0.5, 0.6) is 34.5 Å². The van der Waals surface area contributed by atoms with Gasteiger partial charge in [-0.15, -0.1) is 0 Å². The maximum Gasteiger partial charge on any atom is 0.295 e. The highest BCUT2D eigenvalue weighted by atomic mass is 16.5. The molecule has 0 aromatic heterocycles. The summed E-state index contributed by atoms with van der Waals surface area (Å²) in [5.74, 6) is 1.51. The van der Waals surface area contributed by atoms with Gasteiger partial charge in [0.05, 0.1) is 39.8 Å². The molecular formula is C58H60N4O10. The van der Waals surface area contributed by atoms with E-state index in [1.807, 2.05) is 114 Å². The lowest BCUT2D eigenvalue weighted by atomic mass is 9.98. The molecule has 0 radical (unpaired) electrons. The van der Waals surface area contributed by atoms with Gasteiger partial charge in [-0.2, -0.15) is 0 Å². The number of nitrogens with one attached hydrogen (secondary N) is 2. The first kappa shape index (κ1) is 51.3. The van der Waals surface area contributed by atoms with Crippen LogP contribution in [0.2, 0.25) is 0 Å². The van der Waals surface area contributed by atoms with Crippen LogP contribution in [0.3, 0.4) is 0 Å². The average molecular weight is 973 g/mol. The molecule has 14 heteroatoms. The number of nitrogens with zero attached hydrogens (tertiary/aromatic N) is 2. The monoisotopic (exact) mass is 972 g/mol. The Balaban J connectivity index is 0.000000211. The summed E-state index contributed by atoms with van der Waals surface area (Å²) in [7, 11) is 6.15. The molecule has 2 heterocycles. The smallest absolute Gasteiger partial charge is 0.295 e. The normalized spacial score (nSPS) is 15.1. The molecule has 6 aromatic rings. The predicted octanol–water partition coefficient (Wildman–Crippen LogP) is 10.3. The van der Waals surface area contributed by atoms with Crippen LogP contribution >= 0.6 is 0 Å². The highest BCUT2D eigenvalue weighted by Gasteiger charge is 2.43. The Hall–Kier alpha value is -8.52. The molecule has 8 rings (SSSR count). The molecule has 72 heavy (non-hydrogen) atoms. The van der Waals surface area contributed by atoms with E-state index in [-0.39, 0.29) is 23.3 Å². The zero-order valence-corrected chi connectivity index (χ0v) is 42.1. The molecule has 0 bridgehead atoms. The van der Waals surface area contributed by atoms with Crippen molar-refractivity contribution in [2.24, 2.45) is 0 Å². The largest absolute Gasteiger partial charge is 0.497 e. The number of amides is 4. The van der Waals surface area contributed by atoms with Gasteiger partial charge in [0.2, 0.25) is 11.8 Å². The van der Waals surface area contributed by atoms with Crippen molar-refractivity contribution in [2.75, 3.05) is 38.2 Å². The van der Waals surface area contributed by atoms with Crippen LogP contribution in [0.1, 0.15) is 75.9 Å². The molecule has 2 aliphatic rings. The average Bonchev–Trinajstić information content (AvgIpc) is 3.35. The van der Waals surface area contributed by atoms with Crippen molar-refractivity contribution in [3.63, 3.8) is 0 Å². The fraction of sp³-hybridized carbons (Fsp3) is 0.241. The number of anilines is 2. The Morgan fingerprint density at radius 3 is 1.17 bits per heavy atom. The molecule has 2 atom stereocenters. The minimum Gasteiger partial charge on any atom is -0.497 e. The Labute approximate surface area is 420 Å². The van der Waals surface area contributed by atoms with Gasteiger partial charge in [0.15, 0.2) is 23.0 Å². The number of hydrogen-bond donors (Lipinski definition) is 2. The van der Waals surface area contributed by atoms with Gasteiger partial charge in [0.25, 0.3) is 11.8 Å². The van der Waals surface area contributed by atoms with Crippen LogP contribution in [0.15, 0.2) is 157 Å². The fourth-order valence-electron chi connectivity index (χ4n) is 8.14. The first-order valence-electron chi connectivity index (χ1n) is 23.3. The number of benzene rings is 6. The van der Waals surface area contributed by atoms with E-state index in [1.54, 1.807) is 99.2 Å². The van der Waals surface area contributed by atoms with Crippen LogP contribution in [0.25, 0.3) is 12.2 Å². The molecule has 2 aliphatic heterocycles. The lowest BCUT2D eigenvalue weighted by molar-refractivity contribution is -0.127. The molecule has 0 unspecified atom stereocenters. The summed E-state index contributed by atoms with van der Waals surface area (Å²) in [6.45, 7) is 11.3. The highest BCUT2D eigenvalue weighted by molar-refractivity contribution is 6.14. The van der Waals surface area contributed by atoms with Crippen LogP contribution in [0, 0.1) is 0 Å². The summed E-state index contributed by atoms with van der Waals surface area (Å²) < 4.78 is 34.2. The van der Waals surface area contributed by atoms with Crippen molar-refractivity contribution < 1.29 is 47.6 Å². The molecule has 0 saturated carbocycles. The number of rotatable bonds is 12. The van der Waals surface area contributed by atoms with E-state index in [0.717, 1.165) is 11.1 Å². The molecular weight excluding hydrogens is 913 g/mol. The molecule has 2 N–H and O–H groups in total. The Morgan fingerprint density at radius 2 is 0.833 bits per heavy atom. The summed E-state index contributed by atoms with van der Waals surface area (Å²) in [5.41, 5.74) is 2.45. The molecule has 0 aliphatic carbocycles. The lowest BCUT2D eigenvalue weighted by Crippen LogP contribution is -2.51. The zero-order chi connectivity index (χ0) is 51.7. The number of fused-ring (bicyclic) bond motifs is 2. The van der Waals surface area contributed by atoms with Crippen LogP contribution in [0.4, 0.5) is 11.4 Å². The molecule has 0 spiro atoms. The molecule has 372 valence electrons. The van der Waals surface area contributed by atoms with Crippen molar-refractivity contribution in [1.82, 2.24) is 10.6 Å². The van der Waals surface area contributed by atoms with Gasteiger partial charge in [0, 0.05) is 22.2 Å². The maximum atomic E-state index is 14.0. The van der Waals surface area contributed by atoms with Crippen molar-refractivity contribution in [3.8, 4) is 34.5 Å². The van der Waals surface area contributed by atoms with Crippen molar-refractivity contribution >= 4 is 47.2 Å². The van der Waals surface area contributed by atoms with E-state index in [1.165, 1.54) is 24.0 Å². The van der Waals surface area contributed by atoms with E-state index in [4.69, 9.17) is 28.4 Å². The van der Waals surface area contributed by atoms with Gasteiger partial charge in [-0.05, 0) is 125 Å². The molecule has 6 aromatic carbocycles. The highest BCUT2D eigenvalue weighted by Crippen LogP contribution is 2.45. The summed E-state index contributed by atoms with van der Waals surface area (Å²) in [4.78, 5) is 58.7. The van der Waals surface area contributed by atoms with Crippen LogP contribution in [-0.2, 0) is 19.2 Å². The van der Waals surface area contributed by atoms with Gasteiger partial charge >= 0.3 is 0 Å². The van der Waals surface area contributed by atoms with Gasteiger partial charge < -0.3 is 39.1 Å². The predicted molar refractivity (Wildman–Crippen MR) is 278 cm³/mol. The quantitative estimate of drug-likeness (QED) is 0.113. The van der Waals surface area contributed by atoms with Gasteiger partial charge in [-0.3, -0.25) is 29.0 Å². The third-order valence-corrected chi connectivity index (χ3v) is 11.2. The van der Waals surface area contributed by atoms with Crippen molar-refractivity contribution in [2.45, 2.75) is 64.7 Å². The van der Waals surface area contributed by atoms with Crippen molar-refractivity contribution in [1.29, 1.82) is 0 Å². The Morgan fingerprint density at radius 1 is 0.486 bits per heavy atom. The summed E-state index contributed by atoms with van der Waals surface area (Å²) >= 11 is 0. The number of para-hydroxylation sites is 4. The zero-order valence-electron chi connectivity index (χ0n) is 42.1. The second-order valence-corrected chi connectivity index (χ2v) is 18.8. The van der Waals surface area contributed by atoms with E-state index >= 15 is 0 Å². The SMILES string of the molecule is COc1ccc(OC)c([C@@H](C(=O)NC(C)(C)C)N2C(=O)/C(=C/c3ccccc3)Oc3ccccc32)c1.COc1ccc(OC)c([C@H](C(=O)NC(C)(C)C)N2C(=O)/C(=C/c3ccccc3)Oc3ccccc32)c1. The van der Waals surface area contributed by atoms with Gasteiger partial charge in [0.1, 0.15) is 35.1 Å². The van der Waals surface area contributed by atoms with Crippen LogP contribution < -0.4 is 48.9 Å². The summed E-state index contributed by atoms with van der Waals surface area (Å²) in [6, 6.07) is 41.4. The molecule has 0 saturated heterocycles. The van der Waals surface area contributed by atoms with Crippen LogP contribution in [-0.4, -0.2) is 63.1 Å². The van der Waals surface area contributed by atoms with E-state index in [9.17, 15) is 19.2 Å². The first-order chi connectivity index (χ1) is 34.4. The molecule has 0 fully saturated rings.